The van der Waals surface area contributed by atoms with E-state index in [4.69, 9.17) is 0 Å². The minimum absolute atomic E-state index is 0.0275. The number of urea groups is 1. The van der Waals surface area contributed by atoms with E-state index in [0.717, 1.165) is 42.2 Å². The first-order valence-electron chi connectivity index (χ1n) is 8.56. The van der Waals surface area contributed by atoms with Crippen molar-refractivity contribution in [2.45, 2.75) is 6.04 Å². The lowest BCUT2D eigenvalue weighted by Gasteiger charge is -2.40. The molecule has 0 aliphatic carbocycles. The van der Waals surface area contributed by atoms with Gasteiger partial charge in [-0.05, 0) is 0 Å². The summed E-state index contributed by atoms with van der Waals surface area (Å²) in [6.07, 6.45) is 7.11. The number of carbonyl (C=O) groups excluding carboxylic acids is 1. The van der Waals surface area contributed by atoms with Crippen molar-refractivity contribution in [1.82, 2.24) is 34.4 Å². The number of aromatic nitrogens is 6. The Labute approximate surface area is 149 Å². The van der Waals surface area contributed by atoms with Crippen molar-refractivity contribution < 1.29 is 4.79 Å². The summed E-state index contributed by atoms with van der Waals surface area (Å²) in [5, 5.41) is 9.69. The van der Waals surface area contributed by atoms with Crippen LogP contribution in [0.15, 0.2) is 24.9 Å². The topological polar surface area (TPSA) is 88.2 Å². The van der Waals surface area contributed by atoms with Crippen molar-refractivity contribution in [2.24, 2.45) is 7.05 Å². The van der Waals surface area contributed by atoms with Crippen LogP contribution in [0.2, 0.25) is 0 Å². The van der Waals surface area contributed by atoms with Gasteiger partial charge in [-0.3, -0.25) is 14.3 Å². The van der Waals surface area contributed by atoms with Crippen molar-refractivity contribution >= 4 is 28.6 Å². The highest BCUT2D eigenvalue weighted by Gasteiger charge is 2.33. The van der Waals surface area contributed by atoms with Crippen LogP contribution in [-0.4, -0.2) is 73.7 Å². The second-order valence-corrected chi connectivity index (χ2v) is 6.80. The Bertz CT molecular complexity index is 987. The van der Waals surface area contributed by atoms with Crippen molar-refractivity contribution in [3.63, 3.8) is 0 Å². The first-order chi connectivity index (χ1) is 12.6. The number of aryl methyl sites for hydroxylation is 1. The van der Waals surface area contributed by atoms with Gasteiger partial charge in [0.2, 0.25) is 0 Å². The van der Waals surface area contributed by atoms with Gasteiger partial charge in [0.05, 0.1) is 29.5 Å². The van der Waals surface area contributed by atoms with E-state index < -0.39 is 0 Å². The van der Waals surface area contributed by atoms with Crippen LogP contribution in [0.1, 0.15) is 6.04 Å². The monoisotopic (exact) mass is 353 g/mol. The standard InChI is InChI=1S/C16H19N9O/c1-21-3-4-24(16(21)26)11-5-20-25(9-11)12-7-23(8-12)15-13-6-19-22(2)14(13)17-10-18-15/h5-6,9-10,12H,3-4,7-8H2,1-2H3. The van der Waals surface area contributed by atoms with Gasteiger partial charge < -0.3 is 9.80 Å². The first kappa shape index (κ1) is 15.1. The van der Waals surface area contributed by atoms with Crippen LogP contribution in [0, 0.1) is 0 Å². The molecular formula is C16H19N9O. The molecule has 2 fully saturated rings. The smallest absolute Gasteiger partial charge is 0.324 e. The second-order valence-electron chi connectivity index (χ2n) is 6.80. The van der Waals surface area contributed by atoms with Crippen LogP contribution < -0.4 is 9.80 Å². The number of hydrogen-bond acceptors (Lipinski definition) is 6. The van der Waals surface area contributed by atoms with Gasteiger partial charge in [-0.2, -0.15) is 10.2 Å². The van der Waals surface area contributed by atoms with Gasteiger partial charge in [-0.1, -0.05) is 0 Å². The Morgan fingerprint density at radius 2 is 1.92 bits per heavy atom. The van der Waals surface area contributed by atoms with Crippen molar-refractivity contribution in [3.05, 3.63) is 24.9 Å². The number of amides is 2. The molecule has 5 rings (SSSR count). The molecule has 0 radical (unpaired) electrons. The van der Waals surface area contributed by atoms with E-state index in [0.29, 0.717) is 6.54 Å². The minimum atomic E-state index is 0.0275. The third-order valence-corrected chi connectivity index (χ3v) is 5.16. The third-order valence-electron chi connectivity index (χ3n) is 5.16. The summed E-state index contributed by atoms with van der Waals surface area (Å²) in [5.74, 6) is 0.906. The van der Waals surface area contributed by atoms with E-state index in [1.165, 1.54) is 0 Å². The van der Waals surface area contributed by atoms with E-state index in [9.17, 15) is 4.79 Å². The summed E-state index contributed by atoms with van der Waals surface area (Å²) in [6.45, 7) is 3.08. The number of likely N-dealkylation sites (N-methyl/N-ethyl adjacent to an activating group) is 1. The van der Waals surface area contributed by atoms with Crippen molar-refractivity contribution in [2.75, 3.05) is 43.0 Å². The summed E-state index contributed by atoms with van der Waals surface area (Å²) in [6, 6.07) is 0.292. The zero-order valence-electron chi connectivity index (χ0n) is 14.6. The van der Waals surface area contributed by atoms with Gasteiger partial charge in [0.1, 0.15) is 12.1 Å². The summed E-state index contributed by atoms with van der Waals surface area (Å²) in [5.41, 5.74) is 1.69. The lowest BCUT2D eigenvalue weighted by atomic mass is 10.1. The van der Waals surface area contributed by atoms with E-state index in [2.05, 4.69) is 25.1 Å². The van der Waals surface area contributed by atoms with E-state index in [1.807, 2.05) is 25.0 Å². The highest BCUT2D eigenvalue weighted by atomic mass is 16.2. The van der Waals surface area contributed by atoms with Gasteiger partial charge in [0.25, 0.3) is 0 Å². The van der Waals surface area contributed by atoms with Crippen molar-refractivity contribution in [1.29, 1.82) is 0 Å². The molecule has 0 spiro atoms. The molecule has 5 heterocycles. The van der Waals surface area contributed by atoms with Gasteiger partial charge >= 0.3 is 6.03 Å². The lowest BCUT2D eigenvalue weighted by Crippen LogP contribution is -2.48. The second kappa shape index (κ2) is 5.41. The SMILES string of the molecule is CN1CCN(c2cnn(C3CN(c4ncnc5c4cnn5C)C3)c2)C1=O. The van der Waals surface area contributed by atoms with Crippen LogP contribution in [0.3, 0.4) is 0 Å². The van der Waals surface area contributed by atoms with Crippen LogP contribution >= 0.6 is 0 Å². The molecule has 0 aromatic carbocycles. The van der Waals surface area contributed by atoms with Crippen LogP contribution in [0.5, 0.6) is 0 Å². The molecule has 2 amide bonds. The maximum Gasteiger partial charge on any atom is 0.324 e. The van der Waals surface area contributed by atoms with Crippen LogP contribution in [0.4, 0.5) is 16.3 Å². The Balaban J connectivity index is 1.32. The van der Waals surface area contributed by atoms with E-state index >= 15 is 0 Å². The number of carbonyl (C=O) groups is 1. The number of rotatable bonds is 3. The summed E-state index contributed by atoms with van der Waals surface area (Å²) in [4.78, 5) is 26.5. The number of nitrogens with zero attached hydrogens (tertiary/aromatic N) is 9. The summed E-state index contributed by atoms with van der Waals surface area (Å²) >= 11 is 0. The van der Waals surface area contributed by atoms with Gasteiger partial charge in [-0.15, -0.1) is 0 Å². The van der Waals surface area contributed by atoms with Crippen LogP contribution in [0.25, 0.3) is 11.0 Å². The molecule has 0 atom stereocenters. The Kier molecular flexibility index (Phi) is 3.15. The maximum absolute atomic E-state index is 12.1. The molecule has 10 nitrogen and oxygen atoms in total. The van der Waals surface area contributed by atoms with E-state index in [1.54, 1.807) is 33.2 Å². The van der Waals surface area contributed by atoms with Gasteiger partial charge in [-0.25, -0.2) is 14.8 Å². The average molecular weight is 353 g/mol. The molecule has 0 N–H and O–H groups in total. The fourth-order valence-electron chi connectivity index (χ4n) is 3.55. The molecular weight excluding hydrogens is 334 g/mol. The molecule has 0 bridgehead atoms. The molecule has 0 saturated carbocycles. The molecule has 26 heavy (non-hydrogen) atoms. The number of hydrogen-bond donors (Lipinski definition) is 0. The van der Waals surface area contributed by atoms with Crippen molar-refractivity contribution in [3.8, 4) is 0 Å². The van der Waals surface area contributed by atoms with Gasteiger partial charge in [0, 0.05) is 46.5 Å². The number of anilines is 2. The third kappa shape index (κ3) is 2.14. The average Bonchev–Trinajstić information content (AvgIpc) is 3.29. The lowest BCUT2D eigenvalue weighted by molar-refractivity contribution is 0.229. The molecule has 10 heteroatoms. The molecule has 2 saturated heterocycles. The Morgan fingerprint density at radius 1 is 1.08 bits per heavy atom. The Morgan fingerprint density at radius 3 is 2.69 bits per heavy atom. The number of fused-ring (bicyclic) bond motifs is 1. The quantitative estimate of drug-likeness (QED) is 0.681. The van der Waals surface area contributed by atoms with Gasteiger partial charge in [0.15, 0.2) is 5.65 Å². The molecule has 2 aliphatic rings. The Hall–Kier alpha value is -3.17. The fourth-order valence-corrected chi connectivity index (χ4v) is 3.55. The highest BCUT2D eigenvalue weighted by Crippen LogP contribution is 2.31. The molecule has 3 aromatic heterocycles. The zero-order valence-corrected chi connectivity index (χ0v) is 14.6. The first-order valence-corrected chi connectivity index (χ1v) is 8.56. The predicted octanol–water partition coefficient (Wildman–Crippen LogP) is 0.493. The van der Waals surface area contributed by atoms with E-state index in [-0.39, 0.29) is 12.1 Å². The molecule has 0 unspecified atom stereocenters. The van der Waals surface area contributed by atoms with Crippen LogP contribution in [-0.2, 0) is 7.05 Å². The molecule has 134 valence electrons. The highest BCUT2D eigenvalue weighted by molar-refractivity contribution is 5.93. The summed E-state index contributed by atoms with van der Waals surface area (Å²) < 4.78 is 3.70. The normalized spacial score (nSPS) is 18.2. The zero-order chi connectivity index (χ0) is 17.8. The minimum Gasteiger partial charge on any atom is -0.351 e. The summed E-state index contributed by atoms with van der Waals surface area (Å²) in [7, 11) is 3.69. The molecule has 3 aromatic rings. The fraction of sp³-hybridized carbons (Fsp3) is 0.438. The maximum atomic E-state index is 12.1. The molecule has 2 aliphatic heterocycles. The largest absolute Gasteiger partial charge is 0.351 e. The predicted molar refractivity (Wildman–Crippen MR) is 95.2 cm³/mol.